The van der Waals surface area contributed by atoms with Gasteiger partial charge in [-0.25, -0.2) is 4.98 Å². The number of halogens is 1. The normalized spacial score (nSPS) is 13.5. The van der Waals surface area contributed by atoms with E-state index in [2.05, 4.69) is 10.3 Å². The highest BCUT2D eigenvalue weighted by molar-refractivity contribution is 7.80. The highest BCUT2D eigenvalue weighted by atomic mass is 35.5. The molecule has 1 aliphatic heterocycles. The molecule has 8 heteroatoms. The number of nitrogens with one attached hydrogen (secondary N) is 1. The predicted octanol–water partition coefficient (Wildman–Crippen LogP) is 0.999. The molecule has 5 nitrogen and oxygen atoms in total. The van der Waals surface area contributed by atoms with Gasteiger partial charge < -0.3 is 15.0 Å². The fourth-order valence-electron chi connectivity index (χ4n) is 1.90. The van der Waals surface area contributed by atoms with Crippen molar-refractivity contribution in [1.29, 1.82) is 0 Å². The van der Waals surface area contributed by atoms with Crippen LogP contribution in [0.4, 0.5) is 5.69 Å². The topological polar surface area (TPSA) is 59.3 Å². The smallest absolute Gasteiger partial charge is 0.423 e. The van der Waals surface area contributed by atoms with Gasteiger partial charge in [0.25, 0.3) is 0 Å². The molecule has 0 saturated heterocycles. The maximum Gasteiger partial charge on any atom is 0.491 e. The Morgan fingerprint density at radius 1 is 1.58 bits per heavy atom. The first-order valence-electron chi connectivity index (χ1n) is 5.56. The first-order chi connectivity index (χ1) is 9.15. The number of fused-ring (bicyclic) bond motifs is 1. The van der Waals surface area contributed by atoms with Crippen molar-refractivity contribution in [2.24, 2.45) is 0 Å². The van der Waals surface area contributed by atoms with Crippen molar-refractivity contribution >= 4 is 47.2 Å². The lowest BCUT2D eigenvalue weighted by Crippen LogP contribution is -2.29. The molecule has 0 spiro atoms. The SMILES string of the molecule is OB1OCc2cc(Cl)c(NC(=S)n3ccnc3)cc21. The zero-order valence-electron chi connectivity index (χ0n) is 9.71. The van der Waals surface area contributed by atoms with Gasteiger partial charge in [-0.3, -0.25) is 4.57 Å². The molecule has 0 saturated carbocycles. The lowest BCUT2D eigenvalue weighted by molar-refractivity contribution is 0.275. The van der Waals surface area contributed by atoms with E-state index in [-0.39, 0.29) is 0 Å². The molecule has 0 radical (unpaired) electrons. The van der Waals surface area contributed by atoms with Gasteiger partial charge in [-0.05, 0) is 35.4 Å². The molecule has 3 rings (SSSR count). The fraction of sp³-hybridized carbons (Fsp3) is 0.0909. The highest BCUT2D eigenvalue weighted by Crippen LogP contribution is 2.25. The van der Waals surface area contributed by atoms with Crippen LogP contribution in [0.15, 0.2) is 30.9 Å². The van der Waals surface area contributed by atoms with Crippen molar-refractivity contribution < 1.29 is 9.68 Å². The molecule has 1 aromatic heterocycles. The number of rotatable bonds is 1. The van der Waals surface area contributed by atoms with Crippen molar-refractivity contribution in [2.45, 2.75) is 6.61 Å². The number of aromatic nitrogens is 2. The third kappa shape index (κ3) is 2.37. The van der Waals surface area contributed by atoms with Crippen LogP contribution in [0.3, 0.4) is 0 Å². The van der Waals surface area contributed by atoms with Crippen molar-refractivity contribution in [3.8, 4) is 0 Å². The van der Waals surface area contributed by atoms with Crippen LogP contribution in [-0.2, 0) is 11.3 Å². The van der Waals surface area contributed by atoms with Gasteiger partial charge in [0.05, 0.1) is 17.3 Å². The first kappa shape index (κ1) is 12.6. The van der Waals surface area contributed by atoms with Gasteiger partial charge in [-0.15, -0.1) is 0 Å². The highest BCUT2D eigenvalue weighted by Gasteiger charge is 2.28. The summed E-state index contributed by atoms with van der Waals surface area (Å²) in [5.74, 6) is 0. The Hall–Kier alpha value is -1.41. The molecule has 0 unspecified atom stereocenters. The molecule has 2 aromatic rings. The molecule has 2 heterocycles. The molecule has 2 N–H and O–H groups in total. The number of thiocarbonyl (C=S) groups is 1. The Morgan fingerprint density at radius 3 is 3.16 bits per heavy atom. The quantitative estimate of drug-likeness (QED) is 0.607. The summed E-state index contributed by atoms with van der Waals surface area (Å²) >= 11 is 11.4. The van der Waals surface area contributed by atoms with E-state index >= 15 is 0 Å². The van der Waals surface area contributed by atoms with E-state index in [0.29, 0.717) is 27.9 Å². The van der Waals surface area contributed by atoms with E-state index in [1.165, 1.54) is 0 Å². The van der Waals surface area contributed by atoms with Crippen LogP contribution >= 0.6 is 23.8 Å². The van der Waals surface area contributed by atoms with E-state index in [0.717, 1.165) is 5.56 Å². The van der Waals surface area contributed by atoms with E-state index in [4.69, 9.17) is 28.5 Å². The Balaban J connectivity index is 1.89. The Morgan fingerprint density at radius 2 is 2.42 bits per heavy atom. The number of hydrogen-bond donors (Lipinski definition) is 2. The fourth-order valence-corrected chi connectivity index (χ4v) is 2.35. The maximum atomic E-state index is 9.67. The second-order valence-electron chi connectivity index (χ2n) is 4.09. The largest absolute Gasteiger partial charge is 0.491 e. The van der Waals surface area contributed by atoms with Gasteiger partial charge in [-0.2, -0.15) is 0 Å². The molecular weight excluding hydrogens is 284 g/mol. The van der Waals surface area contributed by atoms with E-state index in [1.54, 1.807) is 35.4 Å². The molecule has 0 aliphatic carbocycles. The van der Waals surface area contributed by atoms with Crippen LogP contribution in [0.2, 0.25) is 5.02 Å². The second-order valence-corrected chi connectivity index (χ2v) is 4.89. The van der Waals surface area contributed by atoms with Gasteiger partial charge in [-0.1, -0.05) is 11.6 Å². The lowest BCUT2D eigenvalue weighted by atomic mass is 9.79. The summed E-state index contributed by atoms with van der Waals surface area (Å²) in [6, 6.07) is 3.52. The summed E-state index contributed by atoms with van der Waals surface area (Å²) in [4.78, 5) is 3.92. The van der Waals surface area contributed by atoms with Gasteiger partial charge in [0.15, 0.2) is 5.11 Å². The minimum atomic E-state index is -0.908. The van der Waals surface area contributed by atoms with Crippen LogP contribution in [0.25, 0.3) is 0 Å². The van der Waals surface area contributed by atoms with Crippen molar-refractivity contribution in [2.75, 3.05) is 5.32 Å². The monoisotopic (exact) mass is 293 g/mol. The molecule has 19 heavy (non-hydrogen) atoms. The number of hydrogen-bond acceptors (Lipinski definition) is 4. The average molecular weight is 294 g/mol. The Kier molecular flexibility index (Phi) is 3.28. The van der Waals surface area contributed by atoms with E-state index in [1.807, 2.05) is 0 Å². The minimum Gasteiger partial charge on any atom is -0.423 e. The molecule has 96 valence electrons. The van der Waals surface area contributed by atoms with Crippen LogP contribution in [-0.4, -0.2) is 26.8 Å². The Bertz CT molecular complexity index is 635. The lowest BCUT2D eigenvalue weighted by Gasteiger charge is -2.11. The number of benzene rings is 1. The number of imidazole rings is 1. The Labute approximate surface area is 120 Å². The molecule has 0 fully saturated rings. The zero-order valence-corrected chi connectivity index (χ0v) is 11.3. The van der Waals surface area contributed by atoms with Crippen molar-refractivity contribution in [1.82, 2.24) is 9.55 Å². The predicted molar refractivity (Wildman–Crippen MR) is 77.7 cm³/mol. The average Bonchev–Trinajstić information content (AvgIpc) is 3.01. The third-order valence-corrected chi connectivity index (χ3v) is 3.50. The van der Waals surface area contributed by atoms with Gasteiger partial charge in [0.1, 0.15) is 6.33 Å². The maximum absolute atomic E-state index is 9.67. The molecule has 1 aliphatic rings. The summed E-state index contributed by atoms with van der Waals surface area (Å²) in [7, 11) is -0.908. The van der Waals surface area contributed by atoms with Gasteiger partial charge in [0.2, 0.25) is 0 Å². The number of anilines is 1. The van der Waals surface area contributed by atoms with Crippen LogP contribution in [0.1, 0.15) is 5.56 Å². The summed E-state index contributed by atoms with van der Waals surface area (Å²) < 4.78 is 6.79. The second kappa shape index (κ2) is 4.94. The van der Waals surface area contributed by atoms with Crippen molar-refractivity contribution in [3.05, 3.63) is 41.4 Å². The zero-order chi connectivity index (χ0) is 13.4. The standard InChI is InChI=1S/C11H9BClN3O2S/c13-9-3-7-5-18-12(17)8(7)4-10(9)15-11(19)16-2-1-14-6-16/h1-4,6,17H,5H2,(H,15,19). The number of nitrogens with zero attached hydrogens (tertiary/aromatic N) is 2. The summed E-state index contributed by atoms with van der Waals surface area (Å²) in [5, 5.41) is 13.7. The molecule has 0 atom stereocenters. The van der Waals surface area contributed by atoms with Crippen LogP contribution < -0.4 is 10.8 Å². The summed E-state index contributed by atoms with van der Waals surface area (Å²) in [6.45, 7) is 0.364. The van der Waals surface area contributed by atoms with Crippen LogP contribution in [0, 0.1) is 0 Å². The van der Waals surface area contributed by atoms with E-state index < -0.39 is 7.12 Å². The van der Waals surface area contributed by atoms with Gasteiger partial charge in [0, 0.05) is 12.4 Å². The third-order valence-electron chi connectivity index (χ3n) is 2.87. The van der Waals surface area contributed by atoms with Crippen molar-refractivity contribution in [3.63, 3.8) is 0 Å². The molecule has 0 bridgehead atoms. The minimum absolute atomic E-state index is 0.364. The summed E-state index contributed by atoms with van der Waals surface area (Å²) in [5.41, 5.74) is 2.22. The van der Waals surface area contributed by atoms with E-state index in [9.17, 15) is 5.02 Å². The van der Waals surface area contributed by atoms with Crippen LogP contribution in [0.5, 0.6) is 0 Å². The molecule has 0 amide bonds. The first-order valence-corrected chi connectivity index (χ1v) is 6.35. The molecular formula is C11H9BClN3O2S. The summed E-state index contributed by atoms with van der Waals surface area (Å²) in [6.07, 6.45) is 4.96. The van der Waals surface area contributed by atoms with Gasteiger partial charge >= 0.3 is 7.12 Å². The molecule has 1 aromatic carbocycles.